The van der Waals surface area contributed by atoms with Crippen LogP contribution in [0.15, 0.2) is 53.0 Å². The van der Waals surface area contributed by atoms with E-state index in [9.17, 15) is 5.11 Å². The monoisotopic (exact) mass is 303 g/mol. The van der Waals surface area contributed by atoms with Crippen molar-refractivity contribution in [1.29, 1.82) is 0 Å². The number of aliphatic hydroxyl groups is 1. The van der Waals surface area contributed by atoms with Gasteiger partial charge in [0.25, 0.3) is 0 Å². The lowest BCUT2D eigenvalue weighted by atomic mass is 9.91. The van der Waals surface area contributed by atoms with E-state index in [4.69, 9.17) is 0 Å². The standard InChI is InChI=1S/C16H16BrO/c1-11(2)14-5-3-4-6-15(14)16(18)12-7-9-13(17)10-8-12/h3-10,16,18H,1-2H3. The quantitative estimate of drug-likeness (QED) is 0.885. The van der Waals surface area contributed by atoms with Crippen molar-refractivity contribution in [3.8, 4) is 0 Å². The molecule has 1 N–H and O–H groups in total. The van der Waals surface area contributed by atoms with Gasteiger partial charge < -0.3 is 5.11 Å². The van der Waals surface area contributed by atoms with Crippen LogP contribution in [0.2, 0.25) is 0 Å². The van der Waals surface area contributed by atoms with Crippen molar-refractivity contribution in [3.05, 3.63) is 75.6 Å². The molecule has 0 saturated carbocycles. The molecule has 2 rings (SSSR count). The molecule has 2 heteroatoms. The number of halogens is 1. The lowest BCUT2D eigenvalue weighted by molar-refractivity contribution is 0.219. The molecule has 2 aromatic rings. The molecule has 0 heterocycles. The highest BCUT2D eigenvalue weighted by molar-refractivity contribution is 9.10. The minimum atomic E-state index is -0.579. The van der Waals surface area contributed by atoms with Crippen molar-refractivity contribution in [1.82, 2.24) is 0 Å². The summed E-state index contributed by atoms with van der Waals surface area (Å²) >= 11 is 3.40. The van der Waals surface area contributed by atoms with Gasteiger partial charge in [0.1, 0.15) is 6.10 Å². The summed E-state index contributed by atoms with van der Waals surface area (Å²) in [5, 5.41) is 10.5. The van der Waals surface area contributed by atoms with E-state index in [1.165, 1.54) is 5.92 Å². The van der Waals surface area contributed by atoms with Crippen LogP contribution < -0.4 is 0 Å². The first-order chi connectivity index (χ1) is 8.59. The van der Waals surface area contributed by atoms with E-state index in [1.54, 1.807) is 0 Å². The summed E-state index contributed by atoms with van der Waals surface area (Å²) in [4.78, 5) is 0. The van der Waals surface area contributed by atoms with Gasteiger partial charge in [-0.1, -0.05) is 66.2 Å². The van der Waals surface area contributed by atoms with Crippen molar-refractivity contribution in [3.63, 3.8) is 0 Å². The SMILES string of the molecule is C[C](C)c1ccccc1C(O)c1ccc(Br)cc1. The van der Waals surface area contributed by atoms with Gasteiger partial charge in [-0.2, -0.15) is 0 Å². The number of aliphatic hydroxyl groups excluding tert-OH is 1. The highest BCUT2D eigenvalue weighted by Crippen LogP contribution is 2.29. The molecule has 0 amide bonds. The van der Waals surface area contributed by atoms with Crippen molar-refractivity contribution in [2.75, 3.05) is 0 Å². The largest absolute Gasteiger partial charge is 0.384 e. The molecule has 0 spiro atoms. The predicted molar refractivity (Wildman–Crippen MR) is 78.3 cm³/mol. The average Bonchev–Trinajstić information content (AvgIpc) is 2.39. The number of benzene rings is 2. The van der Waals surface area contributed by atoms with Crippen LogP contribution in [0.4, 0.5) is 0 Å². The molecule has 0 aromatic heterocycles. The molecule has 1 nitrogen and oxygen atoms in total. The molecular formula is C16H16BrO. The number of hydrogen-bond acceptors (Lipinski definition) is 1. The Morgan fingerprint density at radius 2 is 1.61 bits per heavy atom. The van der Waals surface area contributed by atoms with Crippen LogP contribution in [0.1, 0.15) is 36.6 Å². The average molecular weight is 304 g/mol. The van der Waals surface area contributed by atoms with Crippen LogP contribution in [-0.4, -0.2) is 5.11 Å². The Morgan fingerprint density at radius 3 is 2.22 bits per heavy atom. The predicted octanol–water partition coefficient (Wildman–Crippen LogP) is 4.49. The maximum atomic E-state index is 10.5. The molecule has 0 aliphatic heterocycles. The van der Waals surface area contributed by atoms with Gasteiger partial charge in [0.15, 0.2) is 0 Å². The van der Waals surface area contributed by atoms with Gasteiger partial charge in [0.2, 0.25) is 0 Å². The molecule has 0 bridgehead atoms. The number of hydrogen-bond donors (Lipinski definition) is 1. The van der Waals surface area contributed by atoms with Crippen LogP contribution in [0, 0.1) is 5.92 Å². The highest BCUT2D eigenvalue weighted by atomic mass is 79.9. The fourth-order valence-corrected chi connectivity index (χ4v) is 2.28. The smallest absolute Gasteiger partial charge is 0.104 e. The van der Waals surface area contributed by atoms with Crippen molar-refractivity contribution >= 4 is 15.9 Å². The van der Waals surface area contributed by atoms with E-state index in [-0.39, 0.29) is 0 Å². The molecule has 93 valence electrons. The molecule has 0 aliphatic rings. The first-order valence-corrected chi connectivity index (χ1v) is 6.72. The number of rotatable bonds is 3. The first-order valence-electron chi connectivity index (χ1n) is 5.92. The topological polar surface area (TPSA) is 20.2 Å². The summed E-state index contributed by atoms with van der Waals surface area (Å²) < 4.78 is 1.02. The molecule has 1 radical (unpaired) electrons. The van der Waals surface area contributed by atoms with Crippen LogP contribution in [0.25, 0.3) is 0 Å². The van der Waals surface area contributed by atoms with Gasteiger partial charge in [0.05, 0.1) is 0 Å². The third-order valence-electron chi connectivity index (χ3n) is 2.98. The Morgan fingerprint density at radius 1 is 1.00 bits per heavy atom. The van der Waals surface area contributed by atoms with Gasteiger partial charge in [-0.05, 0) is 34.7 Å². The molecule has 1 atom stereocenters. The third-order valence-corrected chi connectivity index (χ3v) is 3.51. The molecule has 0 saturated heterocycles. The molecular weight excluding hydrogens is 288 g/mol. The van der Waals surface area contributed by atoms with E-state index in [1.807, 2.05) is 48.5 Å². The lowest BCUT2D eigenvalue weighted by Gasteiger charge is -2.18. The minimum Gasteiger partial charge on any atom is -0.384 e. The molecule has 1 unspecified atom stereocenters. The van der Waals surface area contributed by atoms with Crippen molar-refractivity contribution < 1.29 is 5.11 Å². The van der Waals surface area contributed by atoms with Gasteiger partial charge in [-0.3, -0.25) is 0 Å². The third kappa shape index (κ3) is 2.82. The molecule has 18 heavy (non-hydrogen) atoms. The Hall–Kier alpha value is -1.12. The normalized spacial score (nSPS) is 12.7. The van der Waals surface area contributed by atoms with Gasteiger partial charge in [-0.15, -0.1) is 0 Å². The maximum Gasteiger partial charge on any atom is 0.104 e. The summed E-state index contributed by atoms with van der Waals surface area (Å²) in [6, 6.07) is 15.8. The Bertz CT molecular complexity index is 517. The summed E-state index contributed by atoms with van der Waals surface area (Å²) in [6.45, 7) is 4.13. The van der Waals surface area contributed by atoms with Gasteiger partial charge >= 0.3 is 0 Å². The van der Waals surface area contributed by atoms with E-state index in [2.05, 4.69) is 29.8 Å². The van der Waals surface area contributed by atoms with E-state index in [0.717, 1.165) is 21.2 Å². The van der Waals surface area contributed by atoms with E-state index in [0.29, 0.717) is 0 Å². The van der Waals surface area contributed by atoms with Crippen LogP contribution >= 0.6 is 15.9 Å². The van der Waals surface area contributed by atoms with Gasteiger partial charge in [0, 0.05) is 4.47 Å². The molecule has 0 aliphatic carbocycles. The zero-order valence-electron chi connectivity index (χ0n) is 10.5. The van der Waals surface area contributed by atoms with Crippen LogP contribution in [0.3, 0.4) is 0 Å². The fourth-order valence-electron chi connectivity index (χ4n) is 2.02. The second-order valence-electron chi connectivity index (χ2n) is 4.54. The Balaban J connectivity index is 2.39. The maximum absolute atomic E-state index is 10.5. The second-order valence-corrected chi connectivity index (χ2v) is 5.46. The van der Waals surface area contributed by atoms with E-state index >= 15 is 0 Å². The highest BCUT2D eigenvalue weighted by Gasteiger charge is 2.15. The summed E-state index contributed by atoms with van der Waals surface area (Å²) in [6.07, 6.45) is -0.579. The summed E-state index contributed by atoms with van der Waals surface area (Å²) in [5.41, 5.74) is 2.99. The molecule has 0 fully saturated rings. The molecule has 2 aromatic carbocycles. The van der Waals surface area contributed by atoms with E-state index < -0.39 is 6.10 Å². The lowest BCUT2D eigenvalue weighted by Crippen LogP contribution is -2.05. The van der Waals surface area contributed by atoms with Crippen molar-refractivity contribution in [2.45, 2.75) is 20.0 Å². The Kier molecular flexibility index (Phi) is 4.20. The fraction of sp³-hybridized carbons (Fsp3) is 0.188. The summed E-state index contributed by atoms with van der Waals surface area (Å²) in [5.74, 6) is 1.21. The van der Waals surface area contributed by atoms with Crippen LogP contribution in [0.5, 0.6) is 0 Å². The van der Waals surface area contributed by atoms with Crippen LogP contribution in [-0.2, 0) is 0 Å². The second kappa shape index (κ2) is 5.68. The minimum absolute atomic E-state index is 0.579. The van der Waals surface area contributed by atoms with Gasteiger partial charge in [-0.25, -0.2) is 0 Å². The zero-order valence-corrected chi connectivity index (χ0v) is 12.1. The zero-order chi connectivity index (χ0) is 13.1. The first kappa shape index (κ1) is 13.3. The summed E-state index contributed by atoms with van der Waals surface area (Å²) in [7, 11) is 0. The van der Waals surface area contributed by atoms with Crippen molar-refractivity contribution in [2.24, 2.45) is 0 Å². The Labute approximate surface area is 117 Å².